The van der Waals surface area contributed by atoms with Crippen molar-refractivity contribution in [2.75, 3.05) is 25.6 Å². The van der Waals surface area contributed by atoms with E-state index in [1.165, 1.54) is 18.1 Å². The van der Waals surface area contributed by atoms with Gasteiger partial charge in [0.1, 0.15) is 6.33 Å². The Morgan fingerprint density at radius 3 is 2.88 bits per heavy atom. The molecule has 0 atom stereocenters. The highest BCUT2D eigenvalue weighted by molar-refractivity contribution is 7.99. The number of pyridine rings is 1. The summed E-state index contributed by atoms with van der Waals surface area (Å²) in [6.45, 7) is 1.08. The van der Waals surface area contributed by atoms with Crippen LogP contribution in [0.15, 0.2) is 52.8 Å². The summed E-state index contributed by atoms with van der Waals surface area (Å²) >= 11 is 1.21. The van der Waals surface area contributed by atoms with Gasteiger partial charge in [0.25, 0.3) is 0 Å². The normalized spacial score (nSPS) is 10.8. The standard InChI is InChI=1S/C17H17N5O3S/c1-25-10-4-9-19-16-15(22(23)24)17(21-11-20-16)26-13-7-2-5-12-6-3-8-18-14(12)13/h2-3,5-8,11H,4,9-10H2,1H3,(H,19,20,21). The number of anilines is 1. The molecule has 9 heteroatoms. The van der Waals surface area contributed by atoms with Crippen molar-refractivity contribution >= 4 is 34.2 Å². The molecule has 0 saturated heterocycles. The lowest BCUT2D eigenvalue weighted by atomic mass is 10.2. The van der Waals surface area contributed by atoms with E-state index < -0.39 is 4.92 Å². The highest BCUT2D eigenvalue weighted by Gasteiger charge is 2.24. The number of para-hydroxylation sites is 1. The predicted molar refractivity (Wildman–Crippen MR) is 99.5 cm³/mol. The number of hydrogen-bond donors (Lipinski definition) is 1. The molecule has 0 aliphatic heterocycles. The number of ether oxygens (including phenoxy) is 1. The summed E-state index contributed by atoms with van der Waals surface area (Å²) in [5, 5.41) is 15.8. The molecule has 0 fully saturated rings. The highest BCUT2D eigenvalue weighted by Crippen LogP contribution is 2.38. The first-order valence-electron chi connectivity index (χ1n) is 7.94. The zero-order valence-corrected chi connectivity index (χ0v) is 14.9. The molecule has 2 aromatic heterocycles. The monoisotopic (exact) mass is 371 g/mol. The maximum atomic E-state index is 11.6. The van der Waals surface area contributed by atoms with Gasteiger partial charge in [-0.3, -0.25) is 15.1 Å². The summed E-state index contributed by atoms with van der Waals surface area (Å²) in [5.74, 6) is 0.205. The number of methoxy groups -OCH3 is 1. The van der Waals surface area contributed by atoms with E-state index in [-0.39, 0.29) is 16.5 Å². The van der Waals surface area contributed by atoms with Gasteiger partial charge in [0.05, 0.1) is 10.4 Å². The Labute approximate surface area is 154 Å². The third-order valence-corrected chi connectivity index (χ3v) is 4.63. The molecule has 0 aliphatic rings. The summed E-state index contributed by atoms with van der Waals surface area (Å²) < 4.78 is 4.98. The van der Waals surface area contributed by atoms with Crippen LogP contribution in [0.3, 0.4) is 0 Å². The molecule has 0 bridgehead atoms. The van der Waals surface area contributed by atoms with Crippen LogP contribution in [0.25, 0.3) is 10.9 Å². The second-order valence-electron chi connectivity index (χ2n) is 5.34. The predicted octanol–water partition coefficient (Wildman–Crippen LogP) is 3.53. The highest BCUT2D eigenvalue weighted by atomic mass is 32.2. The van der Waals surface area contributed by atoms with E-state index in [0.29, 0.717) is 19.6 Å². The minimum absolute atomic E-state index is 0.136. The molecule has 0 saturated carbocycles. The van der Waals surface area contributed by atoms with Crippen molar-refractivity contribution in [1.82, 2.24) is 15.0 Å². The molecule has 3 aromatic rings. The van der Waals surface area contributed by atoms with E-state index in [0.717, 1.165) is 15.8 Å². The smallest absolute Gasteiger partial charge is 0.343 e. The SMILES string of the molecule is COCCCNc1ncnc(Sc2cccc3cccnc23)c1[N+](=O)[O-]. The maximum Gasteiger partial charge on any atom is 0.343 e. The van der Waals surface area contributed by atoms with Crippen molar-refractivity contribution in [2.45, 2.75) is 16.3 Å². The molecule has 3 rings (SSSR count). The van der Waals surface area contributed by atoms with E-state index in [1.807, 2.05) is 30.3 Å². The van der Waals surface area contributed by atoms with Crippen molar-refractivity contribution < 1.29 is 9.66 Å². The average molecular weight is 371 g/mol. The molecule has 134 valence electrons. The largest absolute Gasteiger partial charge is 0.385 e. The van der Waals surface area contributed by atoms with Crippen LogP contribution in [-0.4, -0.2) is 40.1 Å². The summed E-state index contributed by atoms with van der Waals surface area (Å²) in [5.41, 5.74) is 0.644. The van der Waals surface area contributed by atoms with E-state index in [1.54, 1.807) is 13.3 Å². The summed E-state index contributed by atoms with van der Waals surface area (Å²) in [7, 11) is 1.61. The van der Waals surface area contributed by atoms with Gasteiger partial charge in [-0.25, -0.2) is 9.97 Å². The van der Waals surface area contributed by atoms with Gasteiger partial charge in [-0.2, -0.15) is 0 Å². The molecule has 0 spiro atoms. The molecule has 26 heavy (non-hydrogen) atoms. The topological polar surface area (TPSA) is 103 Å². The molecular formula is C17H17N5O3S. The molecule has 0 unspecified atom stereocenters. The van der Waals surface area contributed by atoms with Gasteiger partial charge in [-0.05, 0) is 18.6 Å². The van der Waals surface area contributed by atoms with Crippen LogP contribution in [0.1, 0.15) is 6.42 Å². The van der Waals surface area contributed by atoms with Gasteiger partial charge >= 0.3 is 5.69 Å². The number of nitrogens with one attached hydrogen (secondary N) is 1. The second-order valence-corrected chi connectivity index (χ2v) is 6.37. The second kappa shape index (κ2) is 8.54. The quantitative estimate of drug-likeness (QED) is 0.278. The van der Waals surface area contributed by atoms with Crippen molar-refractivity contribution in [3.8, 4) is 0 Å². The van der Waals surface area contributed by atoms with Gasteiger partial charge in [-0.15, -0.1) is 0 Å². The van der Waals surface area contributed by atoms with Gasteiger partial charge in [0.2, 0.25) is 5.82 Å². The Hall–Kier alpha value is -2.78. The van der Waals surface area contributed by atoms with E-state index in [2.05, 4.69) is 20.3 Å². The molecule has 0 radical (unpaired) electrons. The molecule has 8 nitrogen and oxygen atoms in total. The fraction of sp³-hybridized carbons (Fsp3) is 0.235. The van der Waals surface area contributed by atoms with Gasteiger partial charge in [-0.1, -0.05) is 30.0 Å². The molecule has 0 aliphatic carbocycles. The zero-order valence-electron chi connectivity index (χ0n) is 14.1. The van der Waals surface area contributed by atoms with Crippen molar-refractivity contribution in [3.63, 3.8) is 0 Å². The van der Waals surface area contributed by atoms with E-state index in [9.17, 15) is 10.1 Å². The van der Waals surface area contributed by atoms with Crippen molar-refractivity contribution in [2.24, 2.45) is 0 Å². The molecule has 2 heterocycles. The van der Waals surface area contributed by atoms with Gasteiger partial charge < -0.3 is 10.1 Å². The molecule has 0 amide bonds. The number of aromatic nitrogens is 3. The Morgan fingerprint density at radius 1 is 1.23 bits per heavy atom. The third-order valence-electron chi connectivity index (χ3n) is 3.59. The number of hydrogen-bond acceptors (Lipinski definition) is 8. The van der Waals surface area contributed by atoms with Crippen LogP contribution < -0.4 is 5.32 Å². The lowest BCUT2D eigenvalue weighted by Crippen LogP contribution is -2.09. The fourth-order valence-electron chi connectivity index (χ4n) is 2.42. The maximum absolute atomic E-state index is 11.6. The Morgan fingerprint density at radius 2 is 2.08 bits per heavy atom. The minimum Gasteiger partial charge on any atom is -0.385 e. The molecule has 1 N–H and O–H groups in total. The van der Waals surface area contributed by atoms with E-state index in [4.69, 9.17) is 4.74 Å². The lowest BCUT2D eigenvalue weighted by molar-refractivity contribution is -0.387. The molecular weight excluding hydrogens is 354 g/mol. The first kappa shape index (κ1) is 18.0. The molecule has 1 aromatic carbocycles. The van der Waals surface area contributed by atoms with Crippen LogP contribution in [0.2, 0.25) is 0 Å². The number of nitro groups is 1. The average Bonchev–Trinajstić information content (AvgIpc) is 2.65. The van der Waals surface area contributed by atoms with Crippen LogP contribution in [-0.2, 0) is 4.74 Å². The number of fused-ring (bicyclic) bond motifs is 1. The Balaban J connectivity index is 1.93. The summed E-state index contributed by atoms with van der Waals surface area (Å²) in [6.07, 6.45) is 3.74. The van der Waals surface area contributed by atoms with Crippen LogP contribution >= 0.6 is 11.8 Å². The first-order valence-corrected chi connectivity index (χ1v) is 8.76. The minimum atomic E-state index is -0.459. The van der Waals surface area contributed by atoms with Gasteiger partial charge in [0.15, 0.2) is 5.03 Å². The Kier molecular flexibility index (Phi) is 5.92. The van der Waals surface area contributed by atoms with Crippen LogP contribution in [0.4, 0.5) is 11.5 Å². The summed E-state index contributed by atoms with van der Waals surface area (Å²) in [6, 6.07) is 9.51. The van der Waals surface area contributed by atoms with Crippen molar-refractivity contribution in [1.29, 1.82) is 0 Å². The van der Waals surface area contributed by atoms with Crippen LogP contribution in [0, 0.1) is 10.1 Å². The van der Waals surface area contributed by atoms with Gasteiger partial charge in [0, 0.05) is 36.7 Å². The third kappa shape index (κ3) is 4.06. The zero-order chi connectivity index (χ0) is 18.4. The van der Waals surface area contributed by atoms with Crippen LogP contribution in [0.5, 0.6) is 0 Å². The number of benzene rings is 1. The number of nitrogens with zero attached hydrogens (tertiary/aromatic N) is 4. The van der Waals surface area contributed by atoms with E-state index >= 15 is 0 Å². The number of rotatable bonds is 8. The van der Waals surface area contributed by atoms with Crippen molar-refractivity contribution in [3.05, 3.63) is 53.0 Å². The first-order chi connectivity index (χ1) is 12.7. The Bertz CT molecular complexity index is 917. The fourth-order valence-corrected chi connectivity index (χ4v) is 3.41. The summed E-state index contributed by atoms with van der Waals surface area (Å²) in [4.78, 5) is 24.5. The lowest BCUT2D eigenvalue weighted by Gasteiger charge is -2.09.